The van der Waals surface area contributed by atoms with Crippen molar-refractivity contribution in [2.75, 3.05) is 31.1 Å². The van der Waals surface area contributed by atoms with Crippen LogP contribution in [0, 0.1) is 17.7 Å². The molecular formula is C28H32ClF2N5O2. The molecule has 1 unspecified atom stereocenters. The van der Waals surface area contributed by atoms with Crippen molar-refractivity contribution >= 4 is 34.3 Å². The number of carbonyl (C=O) groups is 1. The summed E-state index contributed by atoms with van der Waals surface area (Å²) in [4.78, 5) is 27.7. The van der Waals surface area contributed by atoms with Gasteiger partial charge in [-0.2, -0.15) is 0 Å². The first-order valence-corrected chi connectivity index (χ1v) is 13.7. The van der Waals surface area contributed by atoms with E-state index in [4.69, 9.17) is 16.3 Å². The Morgan fingerprint density at radius 1 is 1.24 bits per heavy atom. The van der Waals surface area contributed by atoms with Gasteiger partial charge in [-0.25, -0.2) is 23.5 Å². The zero-order chi connectivity index (χ0) is 26.8. The van der Waals surface area contributed by atoms with Crippen molar-refractivity contribution in [1.82, 2.24) is 19.8 Å². The first-order valence-electron chi connectivity index (χ1n) is 13.4. The maximum absolute atomic E-state index is 15.2. The predicted octanol–water partition coefficient (Wildman–Crippen LogP) is 4.94. The van der Waals surface area contributed by atoms with Crippen LogP contribution >= 0.6 is 11.6 Å². The van der Waals surface area contributed by atoms with E-state index >= 15 is 4.39 Å². The maximum Gasteiger partial charge on any atom is 0.410 e. The fraction of sp³-hybridized carbons (Fsp3) is 0.607. The van der Waals surface area contributed by atoms with Gasteiger partial charge < -0.3 is 9.64 Å². The second-order valence-corrected chi connectivity index (χ2v) is 12.3. The highest BCUT2D eigenvalue weighted by molar-refractivity contribution is 6.30. The molecule has 0 N–H and O–H groups in total. The molecule has 0 aliphatic carbocycles. The number of fused-ring (bicyclic) bond motifs is 4. The number of anilines is 1. The molecule has 38 heavy (non-hydrogen) atoms. The summed E-state index contributed by atoms with van der Waals surface area (Å²) < 4.78 is 35.1. The van der Waals surface area contributed by atoms with E-state index in [2.05, 4.69) is 31.6 Å². The Balaban J connectivity index is 1.36. The number of hydrogen-bond donors (Lipinski definition) is 0. The van der Waals surface area contributed by atoms with Crippen LogP contribution in [-0.4, -0.2) is 81.4 Å². The average Bonchev–Trinajstić information content (AvgIpc) is 3.46. The number of rotatable bonds is 1. The molecule has 7 nitrogen and oxygen atoms in total. The van der Waals surface area contributed by atoms with Crippen molar-refractivity contribution in [3.63, 3.8) is 0 Å². The molecule has 10 heteroatoms. The van der Waals surface area contributed by atoms with Gasteiger partial charge in [-0.3, -0.25) is 9.80 Å². The van der Waals surface area contributed by atoms with Gasteiger partial charge in [0.2, 0.25) is 0 Å². The standard InChI is InChI=1S/C28H32ClF2N5O2/c1-27(2,3)38-26(37)36-19-5-6-20(36)16-34(15-19)22-11-18(33-24-21(22)13-32-25(29)23(24)31)7-9-28-8-4-10-35(28)14-17(30)12-28/h11,13,17,19-20H,4-6,8,10,12,14-16H2,1-3H3/t17-,19-,20+,28?/m1/s1. The second-order valence-electron chi connectivity index (χ2n) is 12.0. The molecule has 2 bridgehead atoms. The molecule has 2 aromatic heterocycles. The topological polar surface area (TPSA) is 61.8 Å². The minimum atomic E-state index is -0.885. The van der Waals surface area contributed by atoms with Crippen LogP contribution in [-0.2, 0) is 4.74 Å². The number of nitrogens with zero attached hydrogens (tertiary/aromatic N) is 5. The Morgan fingerprint density at radius 2 is 1.97 bits per heavy atom. The summed E-state index contributed by atoms with van der Waals surface area (Å²) >= 11 is 6.03. The number of alkyl halides is 1. The molecular weight excluding hydrogens is 512 g/mol. The van der Waals surface area contributed by atoms with E-state index < -0.39 is 23.1 Å². The number of amides is 1. The normalized spacial score (nSPS) is 28.9. The van der Waals surface area contributed by atoms with E-state index in [1.165, 1.54) is 0 Å². The third kappa shape index (κ3) is 4.46. The monoisotopic (exact) mass is 543 g/mol. The van der Waals surface area contributed by atoms with Gasteiger partial charge in [0.25, 0.3) is 0 Å². The number of carbonyl (C=O) groups excluding carboxylic acids is 1. The Labute approximate surface area is 226 Å². The van der Waals surface area contributed by atoms with Crippen LogP contribution in [0.5, 0.6) is 0 Å². The molecule has 1 amide bonds. The average molecular weight is 544 g/mol. The third-order valence-corrected chi connectivity index (χ3v) is 8.45. The van der Waals surface area contributed by atoms with Crippen molar-refractivity contribution < 1.29 is 18.3 Å². The molecule has 202 valence electrons. The first-order chi connectivity index (χ1) is 18.0. The van der Waals surface area contributed by atoms with E-state index in [1.807, 2.05) is 31.7 Å². The summed E-state index contributed by atoms with van der Waals surface area (Å²) in [6, 6.07) is 1.83. The summed E-state index contributed by atoms with van der Waals surface area (Å²) in [5.74, 6) is 5.80. The quantitative estimate of drug-likeness (QED) is 0.375. The number of aromatic nitrogens is 2. The van der Waals surface area contributed by atoms with Crippen LogP contribution in [0.25, 0.3) is 10.9 Å². The second kappa shape index (κ2) is 9.20. The number of pyridine rings is 2. The molecule has 0 saturated carbocycles. The maximum atomic E-state index is 15.2. The lowest BCUT2D eigenvalue weighted by Gasteiger charge is -2.42. The number of ether oxygens (including phenoxy) is 1. The zero-order valence-corrected chi connectivity index (χ0v) is 22.7. The first kappa shape index (κ1) is 25.6. The van der Waals surface area contributed by atoms with Crippen LogP contribution in [0.2, 0.25) is 5.15 Å². The van der Waals surface area contributed by atoms with Crippen LogP contribution in [0.15, 0.2) is 12.3 Å². The minimum Gasteiger partial charge on any atom is -0.444 e. The number of hydrogen-bond acceptors (Lipinski definition) is 6. The van der Waals surface area contributed by atoms with Gasteiger partial charge in [0, 0.05) is 37.6 Å². The molecule has 6 rings (SSSR count). The van der Waals surface area contributed by atoms with Gasteiger partial charge in [0.15, 0.2) is 11.0 Å². The predicted molar refractivity (Wildman–Crippen MR) is 142 cm³/mol. The van der Waals surface area contributed by atoms with Crippen molar-refractivity contribution in [2.45, 2.75) is 82.3 Å². The molecule has 4 aliphatic heterocycles. The van der Waals surface area contributed by atoms with Gasteiger partial charge >= 0.3 is 6.09 Å². The highest BCUT2D eigenvalue weighted by Crippen LogP contribution is 2.40. The largest absolute Gasteiger partial charge is 0.444 e. The zero-order valence-electron chi connectivity index (χ0n) is 21.9. The fourth-order valence-corrected chi connectivity index (χ4v) is 6.76. The molecule has 2 aromatic rings. The Morgan fingerprint density at radius 3 is 2.68 bits per heavy atom. The van der Waals surface area contributed by atoms with E-state index in [1.54, 1.807) is 6.20 Å². The smallest absolute Gasteiger partial charge is 0.410 e. The lowest BCUT2D eigenvalue weighted by Crippen LogP contribution is -2.56. The van der Waals surface area contributed by atoms with Gasteiger partial charge in [-0.05, 0) is 65.0 Å². The number of piperazine rings is 1. The van der Waals surface area contributed by atoms with E-state index in [9.17, 15) is 9.18 Å². The molecule has 0 aromatic carbocycles. The van der Waals surface area contributed by atoms with Crippen LogP contribution in [0.3, 0.4) is 0 Å². The van der Waals surface area contributed by atoms with E-state index in [0.717, 1.165) is 37.9 Å². The molecule has 4 fully saturated rings. The van der Waals surface area contributed by atoms with Crippen LogP contribution < -0.4 is 4.90 Å². The fourth-order valence-electron chi connectivity index (χ4n) is 6.62. The molecule has 6 heterocycles. The Bertz CT molecular complexity index is 1340. The summed E-state index contributed by atoms with van der Waals surface area (Å²) in [6.07, 6.45) is 4.31. The van der Waals surface area contributed by atoms with Gasteiger partial charge in [-0.1, -0.05) is 17.5 Å². The highest BCUT2D eigenvalue weighted by Gasteiger charge is 2.48. The van der Waals surface area contributed by atoms with Crippen LogP contribution in [0.4, 0.5) is 19.3 Å². The van der Waals surface area contributed by atoms with Crippen molar-refractivity contribution in [3.05, 3.63) is 28.9 Å². The molecule has 4 saturated heterocycles. The van der Waals surface area contributed by atoms with Crippen LogP contribution in [0.1, 0.15) is 58.6 Å². The Hall–Kier alpha value is -2.70. The van der Waals surface area contributed by atoms with E-state index in [0.29, 0.717) is 37.1 Å². The lowest BCUT2D eigenvalue weighted by atomic mass is 9.94. The molecule has 0 radical (unpaired) electrons. The van der Waals surface area contributed by atoms with Crippen molar-refractivity contribution in [3.8, 4) is 11.8 Å². The van der Waals surface area contributed by atoms with Crippen molar-refractivity contribution in [2.24, 2.45) is 0 Å². The summed E-state index contributed by atoms with van der Waals surface area (Å²) in [5, 5.41) is 0.306. The molecule has 4 aliphatic rings. The summed E-state index contributed by atoms with van der Waals surface area (Å²) in [5.41, 5.74) is 0.242. The third-order valence-electron chi connectivity index (χ3n) is 8.18. The summed E-state index contributed by atoms with van der Waals surface area (Å²) in [7, 11) is 0. The van der Waals surface area contributed by atoms with Gasteiger partial charge in [0.1, 0.15) is 23.0 Å². The van der Waals surface area contributed by atoms with Gasteiger partial charge in [-0.15, -0.1) is 0 Å². The molecule has 4 atom stereocenters. The minimum absolute atomic E-state index is 0.0163. The van der Waals surface area contributed by atoms with E-state index in [-0.39, 0.29) is 28.8 Å². The lowest BCUT2D eigenvalue weighted by molar-refractivity contribution is 0.0123. The number of halogens is 3. The van der Waals surface area contributed by atoms with Gasteiger partial charge in [0.05, 0.1) is 23.3 Å². The highest BCUT2D eigenvalue weighted by atomic mass is 35.5. The molecule has 0 spiro atoms. The summed E-state index contributed by atoms with van der Waals surface area (Å²) in [6.45, 7) is 8.00. The Kier molecular flexibility index (Phi) is 6.19. The SMILES string of the molecule is CC(C)(C)OC(=O)N1[C@@H]2CC[C@H]1CN(c1cc(C#CC34CCCN3C[C@H](F)C4)nc3c(F)c(Cl)ncc13)C2. The van der Waals surface area contributed by atoms with Crippen molar-refractivity contribution in [1.29, 1.82) is 0 Å².